The highest BCUT2D eigenvalue weighted by molar-refractivity contribution is 6.73. The standard InChI is InChI=1S/C14H27ClO6Si/c1-13(2,3)22(6,7)21-18-8-9(16)10-11(12(15)17)20-14(4,5)19-10/h9-11,16H,8H2,1-7H3/t9-,10-,11-/m1/s1. The number of hydrogen-bond donors (Lipinski definition) is 1. The Morgan fingerprint density at radius 2 is 1.91 bits per heavy atom. The van der Waals surface area contributed by atoms with Crippen LogP contribution in [-0.2, 0) is 23.7 Å². The lowest BCUT2D eigenvalue weighted by Gasteiger charge is -2.34. The molecule has 3 atom stereocenters. The Labute approximate surface area is 138 Å². The summed E-state index contributed by atoms with van der Waals surface area (Å²) >= 11 is 5.50. The van der Waals surface area contributed by atoms with Gasteiger partial charge in [-0.3, -0.25) is 9.37 Å². The maximum absolute atomic E-state index is 11.4. The number of hydrogen-bond acceptors (Lipinski definition) is 6. The predicted molar refractivity (Wildman–Crippen MR) is 84.9 cm³/mol. The van der Waals surface area contributed by atoms with Gasteiger partial charge in [0.1, 0.15) is 18.8 Å². The molecule has 0 aromatic heterocycles. The SMILES string of the molecule is CC1(C)O[C@H]([C@H](O)COO[Si](C)(C)C(C)(C)C)[C@H](C(=O)Cl)O1. The highest BCUT2D eigenvalue weighted by Crippen LogP contribution is 2.37. The molecule has 1 aliphatic heterocycles. The van der Waals surface area contributed by atoms with Crippen molar-refractivity contribution in [1.29, 1.82) is 0 Å². The number of carbonyl (C=O) groups is 1. The molecule has 0 aliphatic carbocycles. The first-order valence-corrected chi connectivity index (χ1v) is 10.6. The average molecular weight is 355 g/mol. The third kappa shape index (κ3) is 4.99. The van der Waals surface area contributed by atoms with E-state index >= 15 is 0 Å². The van der Waals surface area contributed by atoms with Crippen molar-refractivity contribution in [2.75, 3.05) is 6.61 Å². The van der Waals surface area contributed by atoms with Crippen LogP contribution in [0.1, 0.15) is 34.6 Å². The molecule has 6 nitrogen and oxygen atoms in total. The summed E-state index contributed by atoms with van der Waals surface area (Å²) in [7, 11) is -2.08. The zero-order chi connectivity index (χ0) is 17.3. The van der Waals surface area contributed by atoms with Crippen LogP contribution < -0.4 is 0 Å². The van der Waals surface area contributed by atoms with Crippen molar-refractivity contribution in [2.45, 2.75) is 76.8 Å². The van der Waals surface area contributed by atoms with Crippen molar-refractivity contribution in [1.82, 2.24) is 0 Å². The lowest BCUT2D eigenvalue weighted by molar-refractivity contribution is -0.247. The Morgan fingerprint density at radius 1 is 1.36 bits per heavy atom. The van der Waals surface area contributed by atoms with E-state index in [4.69, 9.17) is 30.5 Å². The summed E-state index contributed by atoms with van der Waals surface area (Å²) in [5.41, 5.74) is 0. The van der Waals surface area contributed by atoms with Gasteiger partial charge in [-0.05, 0) is 43.6 Å². The smallest absolute Gasteiger partial charge is 0.253 e. The van der Waals surface area contributed by atoms with E-state index in [9.17, 15) is 9.90 Å². The quantitative estimate of drug-likeness (QED) is 0.342. The lowest BCUT2D eigenvalue weighted by atomic mass is 10.1. The highest BCUT2D eigenvalue weighted by Gasteiger charge is 2.48. The Balaban J connectivity index is 2.58. The highest BCUT2D eigenvalue weighted by atomic mass is 35.5. The Hall–Kier alpha value is -0.0231. The minimum Gasteiger partial charge on any atom is -0.388 e. The minimum absolute atomic E-state index is 0.0123. The molecule has 1 fully saturated rings. The molecule has 0 bridgehead atoms. The van der Waals surface area contributed by atoms with Gasteiger partial charge in [-0.15, -0.1) is 0 Å². The molecule has 0 amide bonds. The molecule has 0 aromatic rings. The first kappa shape index (κ1) is 20.0. The predicted octanol–water partition coefficient (Wildman–Crippen LogP) is 2.59. The largest absolute Gasteiger partial charge is 0.388 e. The maximum Gasteiger partial charge on any atom is 0.253 e. The van der Waals surface area contributed by atoms with Crippen molar-refractivity contribution >= 4 is 25.2 Å². The molecule has 0 aromatic carbocycles. The van der Waals surface area contributed by atoms with Gasteiger partial charge in [-0.25, -0.2) is 4.89 Å². The second-order valence-corrected chi connectivity index (χ2v) is 12.6. The van der Waals surface area contributed by atoms with E-state index < -0.39 is 37.7 Å². The summed E-state index contributed by atoms with van der Waals surface area (Å²) in [4.78, 5) is 16.6. The molecule has 8 heteroatoms. The molecule has 1 saturated heterocycles. The first-order valence-electron chi connectivity index (χ1n) is 7.30. The zero-order valence-electron chi connectivity index (χ0n) is 14.3. The molecule has 0 saturated carbocycles. The van der Waals surface area contributed by atoms with E-state index in [0.717, 1.165) is 0 Å². The number of aliphatic hydroxyl groups excluding tert-OH is 1. The molecule has 1 aliphatic rings. The maximum atomic E-state index is 11.4. The molecule has 0 spiro atoms. The zero-order valence-corrected chi connectivity index (χ0v) is 16.1. The van der Waals surface area contributed by atoms with E-state index in [0.29, 0.717) is 0 Å². The second-order valence-electron chi connectivity index (χ2n) is 7.52. The van der Waals surface area contributed by atoms with Gasteiger partial charge >= 0.3 is 0 Å². The molecule has 22 heavy (non-hydrogen) atoms. The van der Waals surface area contributed by atoms with Crippen LogP contribution in [0.15, 0.2) is 0 Å². The molecule has 1 N–H and O–H groups in total. The number of rotatable bonds is 6. The molecule has 130 valence electrons. The summed E-state index contributed by atoms with van der Waals surface area (Å²) in [5, 5.41) is 9.47. The van der Waals surface area contributed by atoms with Crippen LogP contribution in [0.25, 0.3) is 0 Å². The van der Waals surface area contributed by atoms with Crippen molar-refractivity contribution in [3.63, 3.8) is 0 Å². The number of aliphatic hydroxyl groups is 1. The Kier molecular flexibility index (Phi) is 6.23. The van der Waals surface area contributed by atoms with Crippen LogP contribution in [-0.4, -0.2) is 49.4 Å². The van der Waals surface area contributed by atoms with Crippen molar-refractivity contribution in [3.05, 3.63) is 0 Å². The van der Waals surface area contributed by atoms with Gasteiger partial charge in [0.2, 0.25) is 8.32 Å². The van der Waals surface area contributed by atoms with Crippen molar-refractivity contribution < 1.29 is 28.8 Å². The molecule has 0 radical (unpaired) electrons. The first-order chi connectivity index (χ1) is 9.77. The Bertz CT molecular complexity index is 407. The molecular formula is C14H27ClO6Si. The molecule has 1 heterocycles. The topological polar surface area (TPSA) is 74.2 Å². The normalized spacial score (nSPS) is 27.0. The summed E-state index contributed by atoms with van der Waals surface area (Å²) in [6, 6.07) is 0. The summed E-state index contributed by atoms with van der Waals surface area (Å²) in [6.07, 6.45) is -3.00. The molecule has 1 rings (SSSR count). The third-order valence-corrected chi connectivity index (χ3v) is 8.41. The van der Waals surface area contributed by atoms with Crippen molar-refractivity contribution in [3.8, 4) is 0 Å². The van der Waals surface area contributed by atoms with Crippen LogP contribution in [0.5, 0.6) is 0 Å². The monoisotopic (exact) mass is 354 g/mol. The lowest BCUT2D eigenvalue weighted by Crippen LogP contribution is -2.44. The van der Waals surface area contributed by atoms with Gasteiger partial charge in [0.05, 0.1) is 0 Å². The summed E-state index contributed by atoms with van der Waals surface area (Å²) in [5.74, 6) is -0.985. The van der Waals surface area contributed by atoms with Crippen LogP contribution in [0.3, 0.4) is 0 Å². The van der Waals surface area contributed by atoms with Gasteiger partial charge in [-0.2, -0.15) is 0 Å². The molecular weight excluding hydrogens is 328 g/mol. The van der Waals surface area contributed by atoms with Gasteiger partial charge in [0.25, 0.3) is 5.24 Å². The van der Waals surface area contributed by atoms with E-state index in [1.165, 1.54) is 0 Å². The summed E-state index contributed by atoms with van der Waals surface area (Å²) in [6.45, 7) is 13.5. The van der Waals surface area contributed by atoms with Gasteiger partial charge < -0.3 is 14.6 Å². The average Bonchev–Trinajstić information content (AvgIpc) is 2.63. The van der Waals surface area contributed by atoms with Crippen LogP contribution in [0, 0.1) is 0 Å². The fourth-order valence-electron chi connectivity index (χ4n) is 1.72. The summed E-state index contributed by atoms with van der Waals surface area (Å²) < 4.78 is 16.5. The number of carbonyl (C=O) groups excluding carboxylic acids is 1. The number of ether oxygens (including phenoxy) is 2. The van der Waals surface area contributed by atoms with Crippen LogP contribution >= 0.6 is 11.6 Å². The van der Waals surface area contributed by atoms with Gasteiger partial charge in [0.15, 0.2) is 11.9 Å². The van der Waals surface area contributed by atoms with Crippen LogP contribution in [0.2, 0.25) is 18.1 Å². The van der Waals surface area contributed by atoms with Crippen molar-refractivity contribution in [2.24, 2.45) is 0 Å². The van der Waals surface area contributed by atoms with E-state index in [1.807, 2.05) is 13.1 Å². The molecule has 0 unspecified atom stereocenters. The van der Waals surface area contributed by atoms with E-state index in [2.05, 4.69) is 20.8 Å². The van der Waals surface area contributed by atoms with E-state index in [-0.39, 0.29) is 11.6 Å². The van der Waals surface area contributed by atoms with Crippen LogP contribution in [0.4, 0.5) is 0 Å². The Morgan fingerprint density at radius 3 is 2.36 bits per heavy atom. The van der Waals surface area contributed by atoms with Gasteiger partial charge in [-0.1, -0.05) is 20.8 Å². The van der Waals surface area contributed by atoms with E-state index in [1.54, 1.807) is 13.8 Å². The fourth-order valence-corrected chi connectivity index (χ4v) is 2.50. The fraction of sp³-hybridized carbons (Fsp3) is 0.929. The number of halogens is 1. The second kappa shape index (κ2) is 6.84. The third-order valence-electron chi connectivity index (χ3n) is 4.04. The van der Waals surface area contributed by atoms with Gasteiger partial charge in [0, 0.05) is 0 Å². The minimum atomic E-state index is -2.08.